The van der Waals surface area contributed by atoms with Crippen LogP contribution in [-0.4, -0.2) is 4.92 Å². The molecular formula is C15H16N2O2. The second-order valence-corrected chi connectivity index (χ2v) is 4.59. The van der Waals surface area contributed by atoms with E-state index in [1.54, 1.807) is 12.1 Å². The van der Waals surface area contributed by atoms with Crippen molar-refractivity contribution in [1.29, 1.82) is 0 Å². The number of nitrogens with zero attached hydrogens (tertiary/aromatic N) is 1. The molecule has 4 nitrogen and oxygen atoms in total. The minimum Gasteiger partial charge on any atom is -0.324 e. The van der Waals surface area contributed by atoms with E-state index in [1.807, 2.05) is 37.3 Å². The van der Waals surface area contributed by atoms with Crippen LogP contribution < -0.4 is 5.73 Å². The number of hydrogen-bond donors (Lipinski definition) is 1. The molecule has 0 aliphatic heterocycles. The van der Waals surface area contributed by atoms with Gasteiger partial charge in [-0.3, -0.25) is 10.1 Å². The van der Waals surface area contributed by atoms with Crippen molar-refractivity contribution in [3.63, 3.8) is 0 Å². The molecule has 0 aliphatic rings. The molecule has 19 heavy (non-hydrogen) atoms. The molecule has 0 heterocycles. The predicted octanol–water partition coefficient (Wildman–Crippen LogP) is 3.15. The summed E-state index contributed by atoms with van der Waals surface area (Å²) in [7, 11) is 0. The number of nitro groups is 1. The fraction of sp³-hybridized carbons (Fsp3) is 0.200. The summed E-state index contributed by atoms with van der Waals surface area (Å²) >= 11 is 0. The van der Waals surface area contributed by atoms with Crippen LogP contribution in [0.4, 0.5) is 5.69 Å². The second-order valence-electron chi connectivity index (χ2n) is 4.59. The Hall–Kier alpha value is -2.20. The molecule has 0 aliphatic carbocycles. The summed E-state index contributed by atoms with van der Waals surface area (Å²) in [5.41, 5.74) is 9.30. The van der Waals surface area contributed by atoms with Crippen LogP contribution in [0.15, 0.2) is 48.5 Å². The first kappa shape index (κ1) is 13.2. The summed E-state index contributed by atoms with van der Waals surface area (Å²) in [4.78, 5) is 10.3. The van der Waals surface area contributed by atoms with Gasteiger partial charge in [-0.15, -0.1) is 0 Å². The highest BCUT2D eigenvalue weighted by Crippen LogP contribution is 2.22. The highest BCUT2D eigenvalue weighted by atomic mass is 16.6. The standard InChI is InChI=1S/C15H16N2O2/c1-11-9-14(17(18)19)8-7-13(11)10-15(16)12-5-3-2-4-6-12/h2-9,15H,10,16H2,1H3. The monoisotopic (exact) mass is 256 g/mol. The Morgan fingerprint density at radius 2 is 1.89 bits per heavy atom. The quantitative estimate of drug-likeness (QED) is 0.674. The van der Waals surface area contributed by atoms with Crippen LogP contribution in [-0.2, 0) is 6.42 Å². The molecule has 2 aromatic carbocycles. The van der Waals surface area contributed by atoms with Crippen molar-refractivity contribution in [3.05, 3.63) is 75.3 Å². The van der Waals surface area contributed by atoms with Crippen LogP contribution in [0.5, 0.6) is 0 Å². The van der Waals surface area contributed by atoms with Crippen molar-refractivity contribution in [1.82, 2.24) is 0 Å². The SMILES string of the molecule is Cc1cc([N+](=O)[O-])ccc1CC(N)c1ccccc1. The van der Waals surface area contributed by atoms with Crippen molar-refractivity contribution >= 4 is 5.69 Å². The van der Waals surface area contributed by atoms with E-state index in [2.05, 4.69) is 0 Å². The molecule has 1 unspecified atom stereocenters. The van der Waals surface area contributed by atoms with E-state index in [-0.39, 0.29) is 16.7 Å². The van der Waals surface area contributed by atoms with Gasteiger partial charge < -0.3 is 5.73 Å². The van der Waals surface area contributed by atoms with Gasteiger partial charge in [0.2, 0.25) is 0 Å². The number of aryl methyl sites for hydroxylation is 1. The molecule has 4 heteroatoms. The van der Waals surface area contributed by atoms with Gasteiger partial charge in [-0.2, -0.15) is 0 Å². The third kappa shape index (κ3) is 3.17. The van der Waals surface area contributed by atoms with E-state index in [9.17, 15) is 10.1 Å². The van der Waals surface area contributed by atoms with E-state index in [0.717, 1.165) is 16.7 Å². The predicted molar refractivity (Wildman–Crippen MR) is 74.9 cm³/mol. The number of hydrogen-bond acceptors (Lipinski definition) is 3. The second kappa shape index (κ2) is 5.63. The fourth-order valence-electron chi connectivity index (χ4n) is 2.08. The first-order chi connectivity index (χ1) is 9.08. The van der Waals surface area contributed by atoms with Crippen molar-refractivity contribution in [2.75, 3.05) is 0 Å². The minimum atomic E-state index is -0.381. The summed E-state index contributed by atoms with van der Waals surface area (Å²) in [5, 5.41) is 10.7. The molecule has 2 aromatic rings. The molecule has 1 atom stereocenters. The molecule has 0 amide bonds. The summed E-state index contributed by atoms with van der Waals surface area (Å²) in [6.07, 6.45) is 0.674. The summed E-state index contributed by atoms with van der Waals surface area (Å²) < 4.78 is 0. The number of nitro benzene ring substituents is 1. The molecule has 0 bridgehead atoms. The molecule has 98 valence electrons. The van der Waals surface area contributed by atoms with Gasteiger partial charge in [0.25, 0.3) is 5.69 Å². The molecule has 0 saturated heterocycles. The van der Waals surface area contributed by atoms with Gasteiger partial charge in [0.15, 0.2) is 0 Å². The Labute approximate surface area is 112 Å². The lowest BCUT2D eigenvalue weighted by atomic mass is 9.96. The van der Waals surface area contributed by atoms with Gasteiger partial charge in [-0.25, -0.2) is 0 Å². The van der Waals surface area contributed by atoms with Crippen LogP contribution in [0, 0.1) is 17.0 Å². The Balaban J connectivity index is 2.18. The Kier molecular flexibility index (Phi) is 3.92. The zero-order valence-corrected chi connectivity index (χ0v) is 10.7. The lowest BCUT2D eigenvalue weighted by Gasteiger charge is -2.13. The van der Waals surface area contributed by atoms with Crippen molar-refractivity contribution in [3.8, 4) is 0 Å². The minimum absolute atomic E-state index is 0.0960. The lowest BCUT2D eigenvalue weighted by molar-refractivity contribution is -0.384. The third-order valence-electron chi connectivity index (χ3n) is 3.20. The van der Waals surface area contributed by atoms with Crippen molar-refractivity contribution < 1.29 is 4.92 Å². The van der Waals surface area contributed by atoms with E-state index in [1.165, 1.54) is 6.07 Å². The molecule has 0 radical (unpaired) electrons. The van der Waals surface area contributed by atoms with E-state index >= 15 is 0 Å². The lowest BCUT2D eigenvalue weighted by Crippen LogP contribution is -2.13. The number of nitrogens with two attached hydrogens (primary N) is 1. The highest BCUT2D eigenvalue weighted by molar-refractivity contribution is 5.40. The average molecular weight is 256 g/mol. The van der Waals surface area contributed by atoms with Gasteiger partial charge in [0, 0.05) is 18.2 Å². The number of benzene rings is 2. The van der Waals surface area contributed by atoms with Gasteiger partial charge in [0.1, 0.15) is 0 Å². The first-order valence-corrected chi connectivity index (χ1v) is 6.12. The number of rotatable bonds is 4. The number of non-ortho nitro benzene ring substituents is 1. The Morgan fingerprint density at radius 3 is 2.47 bits per heavy atom. The normalized spacial score (nSPS) is 12.1. The van der Waals surface area contributed by atoms with Crippen molar-refractivity contribution in [2.24, 2.45) is 5.73 Å². The smallest absolute Gasteiger partial charge is 0.269 e. The van der Waals surface area contributed by atoms with E-state index in [0.29, 0.717) is 6.42 Å². The van der Waals surface area contributed by atoms with Crippen LogP contribution in [0.25, 0.3) is 0 Å². The topological polar surface area (TPSA) is 69.2 Å². The molecule has 0 fully saturated rings. The van der Waals surface area contributed by atoms with Gasteiger partial charge in [-0.05, 0) is 30.0 Å². The molecule has 0 aromatic heterocycles. The Morgan fingerprint density at radius 1 is 1.21 bits per heavy atom. The van der Waals surface area contributed by atoms with Gasteiger partial charge in [-0.1, -0.05) is 36.4 Å². The van der Waals surface area contributed by atoms with Gasteiger partial charge >= 0.3 is 0 Å². The summed E-state index contributed by atoms with van der Waals surface area (Å²) in [5.74, 6) is 0. The van der Waals surface area contributed by atoms with E-state index in [4.69, 9.17) is 5.73 Å². The first-order valence-electron chi connectivity index (χ1n) is 6.12. The zero-order chi connectivity index (χ0) is 13.8. The molecular weight excluding hydrogens is 240 g/mol. The highest BCUT2D eigenvalue weighted by Gasteiger charge is 2.11. The van der Waals surface area contributed by atoms with Crippen LogP contribution >= 0.6 is 0 Å². The summed E-state index contributed by atoms with van der Waals surface area (Å²) in [6.45, 7) is 1.88. The Bertz CT molecular complexity index is 582. The van der Waals surface area contributed by atoms with Gasteiger partial charge in [0.05, 0.1) is 4.92 Å². The van der Waals surface area contributed by atoms with E-state index < -0.39 is 0 Å². The maximum absolute atomic E-state index is 10.7. The fourth-order valence-corrected chi connectivity index (χ4v) is 2.08. The third-order valence-corrected chi connectivity index (χ3v) is 3.20. The largest absolute Gasteiger partial charge is 0.324 e. The summed E-state index contributed by atoms with van der Waals surface area (Å²) in [6, 6.07) is 14.7. The molecule has 2 N–H and O–H groups in total. The van der Waals surface area contributed by atoms with Crippen LogP contribution in [0.3, 0.4) is 0 Å². The maximum atomic E-state index is 10.7. The molecule has 0 saturated carbocycles. The van der Waals surface area contributed by atoms with Crippen molar-refractivity contribution in [2.45, 2.75) is 19.4 Å². The maximum Gasteiger partial charge on any atom is 0.269 e. The molecule has 2 rings (SSSR count). The molecule has 0 spiro atoms. The van der Waals surface area contributed by atoms with Crippen LogP contribution in [0.1, 0.15) is 22.7 Å². The zero-order valence-electron chi connectivity index (χ0n) is 10.7. The van der Waals surface area contributed by atoms with Crippen LogP contribution in [0.2, 0.25) is 0 Å². The average Bonchev–Trinajstić information content (AvgIpc) is 2.41.